The van der Waals surface area contributed by atoms with Crippen LogP contribution < -0.4 is 4.90 Å². The van der Waals surface area contributed by atoms with Crippen LogP contribution >= 0.6 is 0 Å². The number of hydrogen-bond donors (Lipinski definition) is 1. The lowest BCUT2D eigenvalue weighted by atomic mass is 9.91. The molecule has 0 radical (unpaired) electrons. The summed E-state index contributed by atoms with van der Waals surface area (Å²) in [5.74, 6) is -1.18. The van der Waals surface area contributed by atoms with Gasteiger partial charge in [0, 0.05) is 56.4 Å². The van der Waals surface area contributed by atoms with Crippen molar-refractivity contribution in [2.45, 2.75) is 84.7 Å². The van der Waals surface area contributed by atoms with E-state index in [9.17, 15) is 19.1 Å². The second kappa shape index (κ2) is 15.6. The summed E-state index contributed by atoms with van der Waals surface area (Å²) in [4.78, 5) is 32.4. The third kappa shape index (κ3) is 10.0. The highest BCUT2D eigenvalue weighted by molar-refractivity contribution is 5.71. The second-order valence-corrected chi connectivity index (χ2v) is 13.8. The van der Waals surface area contributed by atoms with Gasteiger partial charge in [0.1, 0.15) is 18.0 Å². The number of rotatable bonds is 4. The molecule has 1 aromatic rings. The maximum Gasteiger partial charge on any atom is 0.410 e. The molecule has 3 aliphatic rings. The number of aliphatic hydroxyl groups is 1. The van der Waals surface area contributed by atoms with Crippen molar-refractivity contribution in [3.05, 3.63) is 47.3 Å². The van der Waals surface area contributed by atoms with Gasteiger partial charge in [0.25, 0.3) is 0 Å². The molecule has 10 heteroatoms. The summed E-state index contributed by atoms with van der Waals surface area (Å²) < 4.78 is 32.1. The van der Waals surface area contributed by atoms with Gasteiger partial charge in [-0.05, 0) is 81.9 Å². The van der Waals surface area contributed by atoms with Gasteiger partial charge in [-0.15, -0.1) is 0 Å². The molecule has 3 heterocycles. The first-order chi connectivity index (χ1) is 21.3. The normalized spacial score (nSPS) is 28.9. The van der Waals surface area contributed by atoms with Crippen molar-refractivity contribution in [2.24, 2.45) is 11.8 Å². The summed E-state index contributed by atoms with van der Waals surface area (Å²) in [5.41, 5.74) is 2.23. The standard InChI is InChI=1S/C35H52FN3O6/c1-24-7-9-30(40)23-32(41)45-33(26(3)19-27-20-28(36)22-29(21-27)37-15-17-43-18-16-37)25(2)8-10-31(24)44-34(42)38-11-13-39(14-12-38)35(4,5)6/h8,10,19-22,24-25,30-31,33,40H,7,9,11-18,23H2,1-6H3/b10-8+,26-19+/t24-,25-,30+,31+,33-/m0/s1. The fourth-order valence-electron chi connectivity index (χ4n) is 6.23. The van der Waals surface area contributed by atoms with Crippen LogP contribution in [0.25, 0.3) is 6.08 Å². The number of aliphatic hydroxyl groups excluding tert-OH is 1. The first kappa shape index (κ1) is 34.9. The summed E-state index contributed by atoms with van der Waals surface area (Å²) in [5, 5.41) is 10.6. The third-order valence-corrected chi connectivity index (χ3v) is 9.11. The molecular formula is C35H52FN3O6. The van der Waals surface area contributed by atoms with Gasteiger partial charge in [0.05, 0.1) is 25.7 Å². The minimum absolute atomic E-state index is 0.0457. The van der Waals surface area contributed by atoms with Crippen LogP contribution in [0.5, 0.6) is 0 Å². The minimum Gasteiger partial charge on any atom is -0.457 e. The monoisotopic (exact) mass is 629 g/mol. The number of cyclic esters (lactones) is 1. The van der Waals surface area contributed by atoms with Crippen LogP contribution in [0.2, 0.25) is 0 Å². The number of morpholine rings is 1. The number of halogens is 1. The number of carbonyl (C=O) groups is 2. The Morgan fingerprint density at radius 1 is 1.02 bits per heavy atom. The van der Waals surface area contributed by atoms with Crippen molar-refractivity contribution in [3.63, 3.8) is 0 Å². The summed E-state index contributed by atoms with van der Waals surface area (Å²) >= 11 is 0. The molecule has 0 aliphatic carbocycles. The zero-order valence-electron chi connectivity index (χ0n) is 27.8. The van der Waals surface area contributed by atoms with Gasteiger partial charge >= 0.3 is 12.1 Å². The SMILES string of the molecule is C/C(=C\c1cc(F)cc(N2CCOCC2)c1)[C@H]1OC(=O)C[C@H](O)CC[C@H](C)[C@H](OC(=O)N2CCN(C(C)(C)C)CC2)/C=C/[C@@H]1C. The lowest BCUT2D eigenvalue weighted by molar-refractivity contribution is -0.151. The Bertz CT molecular complexity index is 1220. The Kier molecular flexibility index (Phi) is 12.1. The number of benzene rings is 1. The van der Waals surface area contributed by atoms with Crippen molar-refractivity contribution in [1.82, 2.24) is 9.80 Å². The minimum atomic E-state index is -0.871. The molecule has 250 valence electrons. The molecule has 1 aromatic carbocycles. The van der Waals surface area contributed by atoms with E-state index >= 15 is 0 Å². The van der Waals surface area contributed by atoms with Gasteiger partial charge < -0.3 is 29.1 Å². The molecule has 45 heavy (non-hydrogen) atoms. The molecule has 1 amide bonds. The van der Waals surface area contributed by atoms with E-state index in [0.29, 0.717) is 57.8 Å². The van der Waals surface area contributed by atoms with Crippen LogP contribution in [0.4, 0.5) is 14.9 Å². The van der Waals surface area contributed by atoms with E-state index < -0.39 is 24.3 Å². The molecule has 3 aliphatic heterocycles. The molecule has 2 fully saturated rings. The fourth-order valence-corrected chi connectivity index (χ4v) is 6.23. The average molecular weight is 630 g/mol. The van der Waals surface area contributed by atoms with Gasteiger partial charge in [0.2, 0.25) is 0 Å². The maximum absolute atomic E-state index is 14.7. The smallest absolute Gasteiger partial charge is 0.410 e. The van der Waals surface area contributed by atoms with E-state index in [1.807, 2.05) is 45.1 Å². The van der Waals surface area contributed by atoms with Crippen LogP contribution in [0.15, 0.2) is 35.9 Å². The van der Waals surface area contributed by atoms with Crippen LogP contribution in [0, 0.1) is 17.7 Å². The molecular weight excluding hydrogens is 577 g/mol. The van der Waals surface area contributed by atoms with Crippen LogP contribution in [-0.4, -0.2) is 103 Å². The van der Waals surface area contributed by atoms with Crippen LogP contribution in [0.3, 0.4) is 0 Å². The summed E-state index contributed by atoms with van der Waals surface area (Å²) in [6.07, 6.45) is 4.12. The molecule has 5 atom stereocenters. The summed E-state index contributed by atoms with van der Waals surface area (Å²) in [7, 11) is 0. The molecule has 1 N–H and O–H groups in total. The summed E-state index contributed by atoms with van der Waals surface area (Å²) in [6, 6.07) is 4.92. The fraction of sp³-hybridized carbons (Fsp3) is 0.657. The molecule has 0 bridgehead atoms. The Hall–Kier alpha value is -2.95. The summed E-state index contributed by atoms with van der Waals surface area (Å²) in [6.45, 7) is 17.7. The predicted octanol–water partition coefficient (Wildman–Crippen LogP) is 5.27. The highest BCUT2D eigenvalue weighted by Gasteiger charge is 2.31. The zero-order valence-corrected chi connectivity index (χ0v) is 27.8. The molecule has 4 rings (SSSR count). The Labute approximate surface area is 268 Å². The van der Waals surface area contributed by atoms with Gasteiger partial charge in [0.15, 0.2) is 0 Å². The number of amides is 1. The number of nitrogens with zero attached hydrogens (tertiary/aromatic N) is 3. The third-order valence-electron chi connectivity index (χ3n) is 9.11. The topological polar surface area (TPSA) is 91.8 Å². The molecule has 0 saturated carbocycles. The predicted molar refractivity (Wildman–Crippen MR) is 173 cm³/mol. The highest BCUT2D eigenvalue weighted by Crippen LogP contribution is 2.28. The van der Waals surface area contributed by atoms with E-state index in [1.165, 1.54) is 12.1 Å². The van der Waals surface area contributed by atoms with Crippen LogP contribution in [0.1, 0.15) is 66.4 Å². The quantitative estimate of drug-likeness (QED) is 0.356. The highest BCUT2D eigenvalue weighted by atomic mass is 19.1. The lowest BCUT2D eigenvalue weighted by Gasteiger charge is -2.42. The number of esters is 1. The van der Waals surface area contributed by atoms with Crippen LogP contribution in [-0.2, 0) is 19.0 Å². The van der Waals surface area contributed by atoms with Gasteiger partial charge in [-0.3, -0.25) is 9.69 Å². The van der Waals surface area contributed by atoms with Crippen molar-refractivity contribution in [3.8, 4) is 0 Å². The molecule has 0 spiro atoms. The molecule has 9 nitrogen and oxygen atoms in total. The van der Waals surface area contributed by atoms with E-state index in [-0.39, 0.29) is 35.7 Å². The zero-order chi connectivity index (χ0) is 32.7. The largest absolute Gasteiger partial charge is 0.457 e. The van der Waals surface area contributed by atoms with Crippen molar-refractivity contribution >= 4 is 23.8 Å². The number of ether oxygens (including phenoxy) is 3. The number of anilines is 1. The maximum atomic E-state index is 14.7. The van der Waals surface area contributed by atoms with Crippen molar-refractivity contribution in [1.29, 1.82) is 0 Å². The van der Waals surface area contributed by atoms with Crippen molar-refractivity contribution in [2.75, 3.05) is 57.4 Å². The Morgan fingerprint density at radius 2 is 1.71 bits per heavy atom. The Balaban J connectivity index is 1.53. The van der Waals surface area contributed by atoms with Gasteiger partial charge in [-0.2, -0.15) is 0 Å². The van der Waals surface area contributed by atoms with E-state index in [1.54, 1.807) is 4.90 Å². The number of carbonyl (C=O) groups excluding carboxylic acids is 2. The molecule has 0 unspecified atom stereocenters. The Morgan fingerprint density at radius 3 is 2.38 bits per heavy atom. The van der Waals surface area contributed by atoms with Gasteiger partial charge in [-0.1, -0.05) is 26.0 Å². The number of hydrogen-bond acceptors (Lipinski definition) is 8. The number of piperazine rings is 1. The second-order valence-electron chi connectivity index (χ2n) is 13.8. The lowest BCUT2D eigenvalue weighted by Crippen LogP contribution is -2.55. The van der Waals surface area contributed by atoms with Crippen molar-refractivity contribution < 1.29 is 33.3 Å². The van der Waals surface area contributed by atoms with E-state index in [4.69, 9.17) is 14.2 Å². The first-order valence-corrected chi connectivity index (χ1v) is 16.4. The van der Waals surface area contributed by atoms with E-state index in [0.717, 1.165) is 24.4 Å². The average Bonchev–Trinajstić information content (AvgIpc) is 2.99. The van der Waals surface area contributed by atoms with Gasteiger partial charge in [-0.25, -0.2) is 9.18 Å². The van der Waals surface area contributed by atoms with E-state index in [2.05, 4.69) is 30.6 Å². The first-order valence-electron chi connectivity index (χ1n) is 16.4. The molecule has 2 saturated heterocycles. The molecule has 0 aromatic heterocycles.